The normalized spacial score (nSPS) is 33.0. The summed E-state index contributed by atoms with van der Waals surface area (Å²) in [6.07, 6.45) is 4.93. The SMILES string of the molecule is COC(=O)C12CC3CC(C1)C(NC(=O)C(C)(C)N1CCN(c4ccccc4OC)CC1)C(C3)C2. The van der Waals surface area contributed by atoms with Crippen LogP contribution < -0.4 is 15.0 Å². The summed E-state index contributed by atoms with van der Waals surface area (Å²) in [5, 5.41) is 3.47. The molecule has 34 heavy (non-hydrogen) atoms. The molecule has 186 valence electrons. The Hall–Kier alpha value is -2.28. The van der Waals surface area contributed by atoms with Gasteiger partial charge in [-0.25, -0.2) is 0 Å². The average Bonchev–Trinajstić information content (AvgIpc) is 2.85. The minimum absolute atomic E-state index is 0.0371. The van der Waals surface area contributed by atoms with Crippen molar-refractivity contribution in [2.75, 3.05) is 45.3 Å². The zero-order valence-corrected chi connectivity index (χ0v) is 21.0. The van der Waals surface area contributed by atoms with E-state index in [4.69, 9.17) is 9.47 Å². The van der Waals surface area contributed by atoms with Crippen LogP contribution in [-0.2, 0) is 14.3 Å². The Kier molecular flexibility index (Phi) is 6.03. The van der Waals surface area contributed by atoms with E-state index in [9.17, 15) is 9.59 Å². The lowest BCUT2D eigenvalue weighted by atomic mass is 9.48. The molecule has 2 unspecified atom stereocenters. The third kappa shape index (κ3) is 3.86. The molecule has 4 saturated carbocycles. The number of piperazine rings is 1. The molecule has 0 spiro atoms. The van der Waals surface area contributed by atoms with Crippen LogP contribution in [-0.4, -0.2) is 68.8 Å². The van der Waals surface area contributed by atoms with Crippen molar-refractivity contribution >= 4 is 17.6 Å². The van der Waals surface area contributed by atoms with Gasteiger partial charge < -0.3 is 19.7 Å². The van der Waals surface area contributed by atoms with E-state index in [1.165, 1.54) is 7.11 Å². The smallest absolute Gasteiger partial charge is 0.311 e. The van der Waals surface area contributed by atoms with E-state index in [2.05, 4.69) is 21.2 Å². The molecule has 1 aromatic carbocycles. The summed E-state index contributed by atoms with van der Waals surface area (Å²) in [6.45, 7) is 7.46. The van der Waals surface area contributed by atoms with E-state index < -0.39 is 5.54 Å². The summed E-state index contributed by atoms with van der Waals surface area (Å²) in [4.78, 5) is 30.8. The molecule has 1 aromatic rings. The number of nitrogens with one attached hydrogen (secondary N) is 1. The number of amides is 1. The summed E-state index contributed by atoms with van der Waals surface area (Å²) < 4.78 is 10.7. The van der Waals surface area contributed by atoms with E-state index in [1.807, 2.05) is 32.0 Å². The van der Waals surface area contributed by atoms with Crippen LogP contribution in [0, 0.1) is 23.2 Å². The first-order chi connectivity index (χ1) is 16.3. The third-order valence-electron chi connectivity index (χ3n) is 9.24. The van der Waals surface area contributed by atoms with Crippen LogP contribution in [0.25, 0.3) is 0 Å². The second kappa shape index (κ2) is 8.74. The lowest BCUT2D eigenvalue weighted by Crippen LogP contribution is -2.66. The van der Waals surface area contributed by atoms with Gasteiger partial charge in [0.1, 0.15) is 5.75 Å². The summed E-state index contributed by atoms with van der Waals surface area (Å²) in [7, 11) is 3.22. The van der Waals surface area contributed by atoms with Crippen molar-refractivity contribution in [3.05, 3.63) is 24.3 Å². The summed E-state index contributed by atoms with van der Waals surface area (Å²) in [6, 6.07) is 8.30. The molecule has 2 atom stereocenters. The topological polar surface area (TPSA) is 71.1 Å². The third-order valence-corrected chi connectivity index (χ3v) is 9.24. The van der Waals surface area contributed by atoms with E-state index in [-0.39, 0.29) is 23.3 Å². The Morgan fingerprint density at radius 1 is 1.00 bits per heavy atom. The molecule has 1 saturated heterocycles. The molecule has 7 nitrogen and oxygen atoms in total. The van der Waals surface area contributed by atoms with Gasteiger partial charge in [-0.05, 0) is 75.8 Å². The van der Waals surface area contributed by atoms with Crippen molar-refractivity contribution in [1.29, 1.82) is 0 Å². The maximum atomic E-state index is 13.6. The molecule has 1 aliphatic heterocycles. The fourth-order valence-electron chi connectivity index (χ4n) is 7.60. The standard InChI is InChI=1S/C27H39N3O4/c1-26(2,30-11-9-29(10-12-30)21-7-5-6-8-22(21)33-3)24(31)28-23-19-13-18-14-20(23)17-27(15-18,16-19)25(32)34-4/h5-8,18-20,23H,9-17H2,1-4H3,(H,28,31). The molecule has 0 radical (unpaired) electrons. The molecule has 5 aliphatic rings. The molecule has 4 bridgehead atoms. The number of methoxy groups -OCH3 is 2. The predicted octanol–water partition coefficient (Wildman–Crippen LogP) is 3.08. The Bertz CT molecular complexity index is 924. The maximum Gasteiger partial charge on any atom is 0.311 e. The minimum atomic E-state index is -0.582. The molecule has 6 rings (SSSR count). The number of ether oxygens (including phenoxy) is 2. The Balaban J connectivity index is 1.22. The van der Waals surface area contributed by atoms with Crippen molar-refractivity contribution in [3.63, 3.8) is 0 Å². The predicted molar refractivity (Wildman–Crippen MR) is 131 cm³/mol. The zero-order chi connectivity index (χ0) is 24.1. The summed E-state index contributed by atoms with van der Waals surface area (Å²) >= 11 is 0. The van der Waals surface area contributed by atoms with Crippen LogP contribution in [0.15, 0.2) is 24.3 Å². The maximum absolute atomic E-state index is 13.6. The van der Waals surface area contributed by atoms with Gasteiger partial charge >= 0.3 is 5.97 Å². The molecule has 4 aliphatic carbocycles. The van der Waals surface area contributed by atoms with Crippen LogP contribution in [0.3, 0.4) is 0 Å². The van der Waals surface area contributed by atoms with Crippen LogP contribution >= 0.6 is 0 Å². The fraction of sp³-hybridized carbons (Fsp3) is 0.704. The van der Waals surface area contributed by atoms with Crippen LogP contribution in [0.5, 0.6) is 5.75 Å². The number of nitrogens with zero attached hydrogens (tertiary/aromatic N) is 2. The highest BCUT2D eigenvalue weighted by Gasteiger charge is 2.59. The number of carbonyl (C=O) groups excluding carboxylic acids is 2. The quantitative estimate of drug-likeness (QED) is 0.646. The second-order valence-corrected chi connectivity index (χ2v) is 11.4. The highest BCUT2D eigenvalue weighted by molar-refractivity contribution is 5.86. The molecule has 1 amide bonds. The van der Waals surface area contributed by atoms with Crippen molar-refractivity contribution < 1.29 is 19.1 Å². The van der Waals surface area contributed by atoms with Crippen LogP contribution in [0.2, 0.25) is 0 Å². The molecular formula is C27H39N3O4. The number of anilines is 1. The first kappa shape index (κ1) is 23.5. The molecule has 5 fully saturated rings. The number of para-hydroxylation sites is 2. The van der Waals surface area contributed by atoms with Crippen LogP contribution in [0.1, 0.15) is 46.0 Å². The van der Waals surface area contributed by atoms with Gasteiger partial charge in [-0.15, -0.1) is 0 Å². The van der Waals surface area contributed by atoms with Crippen molar-refractivity contribution in [3.8, 4) is 5.75 Å². The monoisotopic (exact) mass is 469 g/mol. The van der Waals surface area contributed by atoms with Gasteiger partial charge in [0.25, 0.3) is 0 Å². The average molecular weight is 470 g/mol. The first-order valence-electron chi connectivity index (χ1n) is 12.8. The Labute approximate surface area is 203 Å². The Morgan fingerprint density at radius 3 is 2.26 bits per heavy atom. The van der Waals surface area contributed by atoms with E-state index in [0.29, 0.717) is 17.8 Å². The summed E-state index contributed by atoms with van der Waals surface area (Å²) in [5.41, 5.74) is 0.221. The van der Waals surface area contributed by atoms with Gasteiger partial charge in [0.2, 0.25) is 5.91 Å². The number of benzene rings is 1. The van der Waals surface area contributed by atoms with E-state index >= 15 is 0 Å². The molecule has 1 N–H and O–H groups in total. The number of carbonyl (C=O) groups is 2. The number of esters is 1. The highest BCUT2D eigenvalue weighted by atomic mass is 16.5. The fourth-order valence-corrected chi connectivity index (χ4v) is 7.60. The molecule has 1 heterocycles. The van der Waals surface area contributed by atoms with Gasteiger partial charge in [-0.3, -0.25) is 14.5 Å². The van der Waals surface area contributed by atoms with Crippen molar-refractivity contribution in [1.82, 2.24) is 10.2 Å². The lowest BCUT2D eigenvalue weighted by Gasteiger charge is -2.59. The lowest BCUT2D eigenvalue weighted by molar-refractivity contribution is -0.171. The number of hydrogen-bond donors (Lipinski definition) is 1. The Morgan fingerprint density at radius 2 is 1.65 bits per heavy atom. The second-order valence-electron chi connectivity index (χ2n) is 11.4. The van der Waals surface area contributed by atoms with E-state index in [0.717, 1.165) is 69.7 Å². The number of rotatable bonds is 6. The molecule has 7 heteroatoms. The van der Waals surface area contributed by atoms with Crippen LogP contribution in [0.4, 0.5) is 5.69 Å². The largest absolute Gasteiger partial charge is 0.495 e. The van der Waals surface area contributed by atoms with Gasteiger partial charge in [0, 0.05) is 32.2 Å². The van der Waals surface area contributed by atoms with Gasteiger partial charge in [0.15, 0.2) is 0 Å². The number of hydrogen-bond acceptors (Lipinski definition) is 6. The van der Waals surface area contributed by atoms with Crippen molar-refractivity contribution in [2.24, 2.45) is 23.2 Å². The van der Waals surface area contributed by atoms with Gasteiger partial charge in [-0.1, -0.05) is 12.1 Å². The zero-order valence-electron chi connectivity index (χ0n) is 21.0. The first-order valence-corrected chi connectivity index (χ1v) is 12.8. The van der Waals surface area contributed by atoms with Gasteiger partial charge in [-0.2, -0.15) is 0 Å². The minimum Gasteiger partial charge on any atom is -0.495 e. The molecule has 0 aromatic heterocycles. The summed E-state index contributed by atoms with van der Waals surface area (Å²) in [5.74, 6) is 2.33. The van der Waals surface area contributed by atoms with E-state index in [1.54, 1.807) is 7.11 Å². The van der Waals surface area contributed by atoms with Crippen molar-refractivity contribution in [2.45, 2.75) is 57.5 Å². The molecular weight excluding hydrogens is 430 g/mol. The van der Waals surface area contributed by atoms with Gasteiger partial charge in [0.05, 0.1) is 30.9 Å². The highest BCUT2D eigenvalue weighted by Crippen LogP contribution is 2.60.